The number of ether oxygens (including phenoxy) is 1. The molecule has 0 radical (unpaired) electrons. The number of aryl methyl sites for hydroxylation is 1. The second kappa shape index (κ2) is 6.73. The molecule has 0 saturated carbocycles. The van der Waals surface area contributed by atoms with Gasteiger partial charge >= 0.3 is 0 Å². The van der Waals surface area contributed by atoms with Crippen molar-refractivity contribution in [2.24, 2.45) is 0 Å². The first kappa shape index (κ1) is 15.4. The fourth-order valence-electron chi connectivity index (χ4n) is 2.78. The van der Waals surface area contributed by atoms with Gasteiger partial charge in [-0.05, 0) is 50.1 Å². The summed E-state index contributed by atoms with van der Waals surface area (Å²) in [7, 11) is 0. The van der Waals surface area contributed by atoms with E-state index >= 15 is 0 Å². The number of halogens is 1. The Kier molecular flexibility index (Phi) is 4.50. The lowest BCUT2D eigenvalue weighted by Crippen LogP contribution is -2.39. The van der Waals surface area contributed by atoms with Crippen LogP contribution in [0.3, 0.4) is 0 Å². The predicted molar refractivity (Wildman–Crippen MR) is 82.7 cm³/mol. The number of nitrogens with zero attached hydrogens (tertiary/aromatic N) is 3. The van der Waals surface area contributed by atoms with E-state index in [0.717, 1.165) is 12.8 Å². The second-order valence-electron chi connectivity index (χ2n) is 5.59. The molecule has 1 aliphatic heterocycles. The second-order valence-corrected chi connectivity index (χ2v) is 5.59. The maximum absolute atomic E-state index is 12.9. The van der Waals surface area contributed by atoms with Crippen LogP contribution in [0.5, 0.6) is 5.75 Å². The SMILES string of the molecule is Cc1nnccc1C(=O)N1CCC[C@H]1COc1ccc(F)cc1. The molecule has 3 rings (SSSR count). The average molecular weight is 315 g/mol. The van der Waals surface area contributed by atoms with E-state index in [1.165, 1.54) is 18.3 Å². The molecule has 1 atom stereocenters. The highest BCUT2D eigenvalue weighted by atomic mass is 19.1. The van der Waals surface area contributed by atoms with Gasteiger partial charge in [0.15, 0.2) is 0 Å². The molecule has 120 valence electrons. The highest BCUT2D eigenvalue weighted by molar-refractivity contribution is 5.95. The Balaban J connectivity index is 1.67. The molecule has 1 aromatic carbocycles. The minimum absolute atomic E-state index is 0.0140. The van der Waals surface area contributed by atoms with E-state index in [1.807, 2.05) is 4.90 Å². The molecule has 0 aliphatic carbocycles. The highest BCUT2D eigenvalue weighted by Crippen LogP contribution is 2.22. The molecule has 0 N–H and O–H groups in total. The Bertz CT molecular complexity index is 690. The van der Waals surface area contributed by atoms with Gasteiger partial charge in [0.05, 0.1) is 23.5 Å². The fourth-order valence-corrected chi connectivity index (χ4v) is 2.78. The van der Waals surface area contributed by atoms with E-state index < -0.39 is 0 Å². The molecule has 6 heteroatoms. The number of likely N-dealkylation sites (tertiary alicyclic amines) is 1. The largest absolute Gasteiger partial charge is 0.491 e. The van der Waals surface area contributed by atoms with Crippen molar-refractivity contribution < 1.29 is 13.9 Å². The van der Waals surface area contributed by atoms with Gasteiger partial charge in [0.2, 0.25) is 0 Å². The van der Waals surface area contributed by atoms with Crippen LogP contribution in [0.15, 0.2) is 36.5 Å². The van der Waals surface area contributed by atoms with Crippen molar-refractivity contribution in [2.45, 2.75) is 25.8 Å². The Labute approximate surface area is 134 Å². The molecule has 0 bridgehead atoms. The zero-order valence-electron chi connectivity index (χ0n) is 12.9. The normalized spacial score (nSPS) is 17.3. The minimum atomic E-state index is -0.296. The molecule has 0 spiro atoms. The summed E-state index contributed by atoms with van der Waals surface area (Å²) in [6.07, 6.45) is 3.37. The topological polar surface area (TPSA) is 55.3 Å². The van der Waals surface area contributed by atoms with Crippen LogP contribution in [-0.4, -0.2) is 40.2 Å². The summed E-state index contributed by atoms with van der Waals surface area (Å²) < 4.78 is 18.6. The van der Waals surface area contributed by atoms with Gasteiger partial charge in [-0.3, -0.25) is 4.79 Å². The first-order chi connectivity index (χ1) is 11.1. The number of hydrogen-bond donors (Lipinski definition) is 0. The van der Waals surface area contributed by atoms with Gasteiger partial charge in [-0.15, -0.1) is 0 Å². The standard InChI is InChI=1S/C17H18FN3O2/c1-12-16(8-9-19-20-12)17(22)21-10-2-3-14(21)11-23-15-6-4-13(18)5-7-15/h4-9,14H,2-3,10-11H2,1H3/t14-/m0/s1. The van der Waals surface area contributed by atoms with Crippen LogP contribution >= 0.6 is 0 Å². The number of amides is 1. The van der Waals surface area contributed by atoms with Crippen LogP contribution in [0, 0.1) is 12.7 Å². The minimum Gasteiger partial charge on any atom is -0.491 e. The first-order valence-electron chi connectivity index (χ1n) is 7.63. The Morgan fingerprint density at radius 1 is 1.35 bits per heavy atom. The Hall–Kier alpha value is -2.50. The van der Waals surface area contributed by atoms with Gasteiger partial charge in [0, 0.05) is 6.54 Å². The van der Waals surface area contributed by atoms with Crippen LogP contribution in [-0.2, 0) is 0 Å². The molecule has 2 heterocycles. The third kappa shape index (κ3) is 3.47. The van der Waals surface area contributed by atoms with Crippen molar-refractivity contribution in [3.05, 3.63) is 53.6 Å². The molecule has 0 unspecified atom stereocenters. The summed E-state index contributed by atoms with van der Waals surface area (Å²) in [5.41, 5.74) is 1.20. The van der Waals surface area contributed by atoms with Crippen LogP contribution in [0.1, 0.15) is 28.9 Å². The van der Waals surface area contributed by atoms with Crippen LogP contribution in [0.25, 0.3) is 0 Å². The van der Waals surface area contributed by atoms with Crippen molar-refractivity contribution in [2.75, 3.05) is 13.2 Å². The van der Waals surface area contributed by atoms with Gasteiger partial charge in [-0.25, -0.2) is 4.39 Å². The molecule has 5 nitrogen and oxygen atoms in total. The summed E-state index contributed by atoms with van der Waals surface area (Å²) in [5, 5.41) is 7.71. The molecule has 1 amide bonds. The first-order valence-corrected chi connectivity index (χ1v) is 7.63. The Morgan fingerprint density at radius 3 is 2.87 bits per heavy atom. The van der Waals surface area contributed by atoms with Crippen LogP contribution in [0.4, 0.5) is 4.39 Å². The van der Waals surface area contributed by atoms with Crippen molar-refractivity contribution in [1.82, 2.24) is 15.1 Å². The number of rotatable bonds is 4. The molecule has 1 aromatic heterocycles. The molecular formula is C17H18FN3O2. The number of aromatic nitrogens is 2. The van der Waals surface area contributed by atoms with Gasteiger partial charge in [-0.2, -0.15) is 10.2 Å². The van der Waals surface area contributed by atoms with E-state index in [-0.39, 0.29) is 17.8 Å². The Morgan fingerprint density at radius 2 is 2.13 bits per heavy atom. The fraction of sp³-hybridized carbons (Fsp3) is 0.353. The van der Waals surface area contributed by atoms with Crippen molar-refractivity contribution in [1.29, 1.82) is 0 Å². The number of hydrogen-bond acceptors (Lipinski definition) is 4. The van der Waals surface area contributed by atoms with E-state index in [9.17, 15) is 9.18 Å². The zero-order valence-corrected chi connectivity index (χ0v) is 12.9. The highest BCUT2D eigenvalue weighted by Gasteiger charge is 2.30. The third-order valence-corrected chi connectivity index (χ3v) is 4.03. The van der Waals surface area contributed by atoms with E-state index in [1.54, 1.807) is 25.1 Å². The van der Waals surface area contributed by atoms with Gasteiger partial charge in [0.1, 0.15) is 18.2 Å². The average Bonchev–Trinajstić information content (AvgIpc) is 3.03. The van der Waals surface area contributed by atoms with Gasteiger partial charge in [0.25, 0.3) is 5.91 Å². The summed E-state index contributed by atoms with van der Waals surface area (Å²) in [4.78, 5) is 14.5. The predicted octanol–water partition coefficient (Wildman–Crippen LogP) is 2.61. The van der Waals surface area contributed by atoms with E-state index in [0.29, 0.717) is 30.2 Å². The molecule has 1 saturated heterocycles. The summed E-state index contributed by atoms with van der Waals surface area (Å²) >= 11 is 0. The van der Waals surface area contributed by atoms with Crippen molar-refractivity contribution >= 4 is 5.91 Å². The third-order valence-electron chi connectivity index (χ3n) is 4.03. The number of benzene rings is 1. The monoisotopic (exact) mass is 315 g/mol. The summed E-state index contributed by atoms with van der Waals surface area (Å²) in [6, 6.07) is 7.61. The summed E-state index contributed by atoms with van der Waals surface area (Å²) in [5.74, 6) is 0.269. The van der Waals surface area contributed by atoms with E-state index in [2.05, 4.69) is 10.2 Å². The van der Waals surface area contributed by atoms with Crippen molar-refractivity contribution in [3.8, 4) is 5.75 Å². The lowest BCUT2D eigenvalue weighted by molar-refractivity contribution is 0.0690. The van der Waals surface area contributed by atoms with Crippen LogP contribution < -0.4 is 4.74 Å². The quantitative estimate of drug-likeness (QED) is 0.870. The van der Waals surface area contributed by atoms with Crippen LogP contribution in [0.2, 0.25) is 0 Å². The van der Waals surface area contributed by atoms with E-state index in [4.69, 9.17) is 4.74 Å². The number of carbonyl (C=O) groups is 1. The van der Waals surface area contributed by atoms with Gasteiger partial charge < -0.3 is 9.64 Å². The maximum Gasteiger partial charge on any atom is 0.256 e. The summed E-state index contributed by atoms with van der Waals surface area (Å²) in [6.45, 7) is 2.88. The molecular weight excluding hydrogens is 297 g/mol. The molecule has 23 heavy (non-hydrogen) atoms. The molecule has 1 aliphatic rings. The number of carbonyl (C=O) groups excluding carboxylic acids is 1. The van der Waals surface area contributed by atoms with Gasteiger partial charge in [-0.1, -0.05) is 0 Å². The lowest BCUT2D eigenvalue weighted by Gasteiger charge is -2.25. The lowest BCUT2D eigenvalue weighted by atomic mass is 10.1. The maximum atomic E-state index is 12.9. The smallest absolute Gasteiger partial charge is 0.256 e. The zero-order chi connectivity index (χ0) is 16.2. The molecule has 1 fully saturated rings. The molecule has 2 aromatic rings. The van der Waals surface area contributed by atoms with Crippen molar-refractivity contribution in [3.63, 3.8) is 0 Å².